The van der Waals surface area contributed by atoms with E-state index >= 15 is 0 Å². The summed E-state index contributed by atoms with van der Waals surface area (Å²) in [6, 6.07) is 2.33. The Balaban J connectivity index is 0.00000870. The molecule has 0 saturated carbocycles. The van der Waals surface area contributed by atoms with Gasteiger partial charge < -0.3 is 53.2 Å². The molecule has 3 aliphatic rings. The number of halogens is 1. The number of Topliss-reactive ketones (excluding diaryl/α,β-unsaturated/α-hetero) is 1. The first-order valence-corrected chi connectivity index (χ1v) is 20.1. The van der Waals surface area contributed by atoms with Crippen LogP contribution in [-0.4, -0.2) is 111 Å². The quantitative estimate of drug-likeness (QED) is 0.191. The molecular formula is C41H62ClN5O10. The largest absolute Gasteiger partial charge is 1.00 e. The summed E-state index contributed by atoms with van der Waals surface area (Å²) in [5.41, 5.74) is 5.67. The number of amides is 4. The van der Waals surface area contributed by atoms with E-state index in [0.717, 1.165) is 11.1 Å². The monoisotopic (exact) mass is 819 g/mol. The highest BCUT2D eigenvalue weighted by Crippen LogP contribution is 2.30. The highest BCUT2D eigenvalue weighted by molar-refractivity contribution is 6.05. The van der Waals surface area contributed by atoms with Gasteiger partial charge in [0.2, 0.25) is 23.8 Å². The Hall–Kier alpha value is -4.08. The van der Waals surface area contributed by atoms with E-state index in [1.807, 2.05) is 45.0 Å². The molecule has 10 atom stereocenters. The molecule has 2 fully saturated rings. The molecule has 15 nitrogen and oxygen atoms in total. The lowest BCUT2D eigenvalue weighted by atomic mass is 9.91. The Labute approximate surface area is 341 Å². The number of ketones is 1. The molecule has 318 valence electrons. The second-order valence-corrected chi connectivity index (χ2v) is 16.6. The van der Waals surface area contributed by atoms with Crippen molar-refractivity contribution < 1.29 is 66.3 Å². The van der Waals surface area contributed by atoms with Crippen molar-refractivity contribution in [2.75, 3.05) is 6.54 Å². The van der Waals surface area contributed by atoms with Crippen molar-refractivity contribution in [2.24, 2.45) is 23.7 Å². The third kappa shape index (κ3) is 11.3. The highest BCUT2D eigenvalue weighted by Gasteiger charge is 2.46. The minimum atomic E-state index is -1.42. The Morgan fingerprint density at radius 3 is 2.12 bits per heavy atom. The van der Waals surface area contributed by atoms with E-state index in [-0.39, 0.29) is 50.2 Å². The number of benzene rings is 1. The van der Waals surface area contributed by atoms with Crippen LogP contribution in [0.2, 0.25) is 0 Å². The normalized spacial score (nSPS) is 30.7. The number of hydrogen-bond acceptors (Lipinski definition) is 10. The van der Waals surface area contributed by atoms with Gasteiger partial charge in [-0.3, -0.25) is 28.8 Å². The van der Waals surface area contributed by atoms with Gasteiger partial charge in [-0.15, -0.1) is 0 Å². The van der Waals surface area contributed by atoms with E-state index in [2.05, 4.69) is 16.4 Å². The van der Waals surface area contributed by atoms with Gasteiger partial charge in [0, 0.05) is 19.5 Å². The number of carbonyl (C=O) groups is 7. The van der Waals surface area contributed by atoms with Crippen LogP contribution in [0.4, 0.5) is 0 Å². The number of rotatable bonds is 5. The average molecular weight is 820 g/mol. The van der Waals surface area contributed by atoms with E-state index in [1.165, 1.54) is 23.6 Å². The minimum absolute atomic E-state index is 0. The third-order valence-electron chi connectivity index (χ3n) is 11.5. The average Bonchev–Trinajstić information content (AvgIpc) is 3.65. The number of carbonyl (C=O) groups excluding carboxylic acids is 7. The van der Waals surface area contributed by atoms with Crippen LogP contribution in [0.5, 0.6) is 0 Å². The number of aliphatic hydroxyl groups excluding tert-OH is 1. The maximum Gasteiger partial charge on any atom is 0.329 e. The van der Waals surface area contributed by atoms with Crippen LogP contribution >= 0.6 is 0 Å². The van der Waals surface area contributed by atoms with Gasteiger partial charge in [0.15, 0.2) is 18.0 Å². The van der Waals surface area contributed by atoms with Crippen LogP contribution in [0.1, 0.15) is 98.6 Å². The molecule has 1 aromatic carbocycles. The summed E-state index contributed by atoms with van der Waals surface area (Å²) in [7, 11) is 0. The number of fused-ring (bicyclic) bond motifs is 3. The molecule has 3 aliphatic heterocycles. The van der Waals surface area contributed by atoms with Crippen LogP contribution in [0.3, 0.4) is 0 Å². The van der Waals surface area contributed by atoms with Crippen LogP contribution in [-0.2, 0) is 56.0 Å². The summed E-state index contributed by atoms with van der Waals surface area (Å²) in [5.74, 6) is -6.81. The Morgan fingerprint density at radius 1 is 0.860 bits per heavy atom. The fraction of sp³-hybridized carbons (Fsp3) is 0.683. The van der Waals surface area contributed by atoms with Gasteiger partial charge in [0.05, 0.1) is 24.5 Å². The molecule has 0 bridgehead atoms. The number of hydrogen-bond donors (Lipinski definition) is 4. The van der Waals surface area contributed by atoms with Crippen molar-refractivity contribution in [2.45, 2.75) is 149 Å². The van der Waals surface area contributed by atoms with Crippen LogP contribution < -0.4 is 28.8 Å². The highest BCUT2D eigenvalue weighted by atomic mass is 35.5. The molecule has 0 aromatic heterocycles. The van der Waals surface area contributed by atoms with Crippen LogP contribution in [0, 0.1) is 23.7 Å². The molecule has 0 spiro atoms. The van der Waals surface area contributed by atoms with Crippen molar-refractivity contribution in [1.29, 1.82) is 0 Å². The van der Waals surface area contributed by atoms with Crippen molar-refractivity contribution in [3.8, 4) is 0 Å². The fourth-order valence-electron chi connectivity index (χ4n) is 7.72. The number of ether oxygens (including phenoxy) is 2. The summed E-state index contributed by atoms with van der Waals surface area (Å²) in [5, 5.41) is 16.8. The van der Waals surface area contributed by atoms with E-state index in [1.54, 1.807) is 20.8 Å². The van der Waals surface area contributed by atoms with Crippen molar-refractivity contribution in [3.63, 3.8) is 0 Å². The van der Waals surface area contributed by atoms with Crippen molar-refractivity contribution in [1.82, 2.24) is 20.4 Å². The third-order valence-corrected chi connectivity index (χ3v) is 11.5. The van der Waals surface area contributed by atoms with Crippen molar-refractivity contribution in [3.05, 3.63) is 35.4 Å². The SMILES string of the molecule is CC[C@H](C)[C@H]1NC(=O)[C@@H]([NH3+])[C@H](C)OC(=O)[C@@H]2Cc3ccccc3CN2C(=O)[C@@H]2CCCN2C(=O)[C@@H](CC(C)C)NC(=O)[C@H](C)C(=O)[C@H](C(C)C)OC(=O)C[C@H]1O.[Cl-]. The molecule has 0 unspecified atom stereocenters. The van der Waals surface area contributed by atoms with Gasteiger partial charge in [0.1, 0.15) is 18.1 Å². The van der Waals surface area contributed by atoms with Gasteiger partial charge in [0.25, 0.3) is 5.91 Å². The Morgan fingerprint density at radius 2 is 1.51 bits per heavy atom. The number of cyclic esters (lactones) is 2. The number of quaternary nitrogens is 1. The second kappa shape index (κ2) is 20.6. The first-order chi connectivity index (χ1) is 26.4. The van der Waals surface area contributed by atoms with Crippen LogP contribution in [0.15, 0.2) is 24.3 Å². The molecule has 1 aromatic rings. The topological polar surface area (TPSA) is 216 Å². The molecule has 0 radical (unpaired) electrons. The molecule has 0 aliphatic carbocycles. The number of nitrogens with one attached hydrogen (secondary N) is 2. The lowest BCUT2D eigenvalue weighted by Crippen LogP contribution is -3.00. The second-order valence-electron chi connectivity index (χ2n) is 16.6. The molecule has 2 saturated heterocycles. The molecule has 57 heavy (non-hydrogen) atoms. The zero-order chi connectivity index (χ0) is 41.6. The Bertz CT molecular complexity index is 1640. The smallest absolute Gasteiger partial charge is 0.329 e. The number of esters is 2. The van der Waals surface area contributed by atoms with Gasteiger partial charge in [-0.2, -0.15) is 0 Å². The maximum atomic E-state index is 14.6. The zero-order valence-electron chi connectivity index (χ0n) is 34.5. The molecule has 3 heterocycles. The number of nitrogens with zero attached hydrogens (tertiary/aromatic N) is 2. The summed E-state index contributed by atoms with van der Waals surface area (Å²) in [6.07, 6.45) is -2.62. The first-order valence-electron chi connectivity index (χ1n) is 20.1. The standard InChI is InChI=1S/C41H61N5O10.ClH/c1-9-23(6)34-31(47)19-32(48)56-36(22(4)5)35(49)24(7)37(50)43-28(17-21(2)3)39(52)45-16-12-15-29(45)40(53)46-20-27-14-11-10-13-26(27)18-30(46)41(54)55-25(8)33(42)38(51)44-34;/h10-11,13-14,21-25,28-31,33-34,36,47H,9,12,15-20,42H2,1-8H3,(H,43,50)(H,44,51);1H/t23-,24+,25-,28+,29-,30-,31+,33-,34+,36-;/m0./s1. The van der Waals surface area contributed by atoms with Gasteiger partial charge in [-0.05, 0) is 62.0 Å². The van der Waals surface area contributed by atoms with Gasteiger partial charge in [-0.25, -0.2) is 4.79 Å². The molecule has 4 amide bonds. The predicted molar refractivity (Wildman–Crippen MR) is 204 cm³/mol. The molecule has 16 heteroatoms. The summed E-state index contributed by atoms with van der Waals surface area (Å²) in [6.45, 7) is 14.0. The minimum Gasteiger partial charge on any atom is -1.00 e. The summed E-state index contributed by atoms with van der Waals surface area (Å²) >= 11 is 0. The summed E-state index contributed by atoms with van der Waals surface area (Å²) in [4.78, 5) is 100. The molecular weight excluding hydrogens is 758 g/mol. The van der Waals surface area contributed by atoms with Crippen molar-refractivity contribution >= 4 is 41.4 Å². The maximum absolute atomic E-state index is 14.6. The van der Waals surface area contributed by atoms with E-state index in [0.29, 0.717) is 19.3 Å². The van der Waals surface area contributed by atoms with Crippen LogP contribution in [0.25, 0.3) is 0 Å². The molecule has 4 rings (SSSR count). The lowest BCUT2D eigenvalue weighted by Gasteiger charge is -2.39. The zero-order valence-corrected chi connectivity index (χ0v) is 35.3. The predicted octanol–water partition coefficient (Wildman–Crippen LogP) is -1.92. The van der Waals surface area contributed by atoms with E-state index < -0.39 is 108 Å². The van der Waals surface area contributed by atoms with Gasteiger partial charge in [-0.1, -0.05) is 72.2 Å². The van der Waals surface area contributed by atoms with E-state index in [4.69, 9.17) is 9.47 Å². The number of aliphatic hydroxyl groups is 1. The summed E-state index contributed by atoms with van der Waals surface area (Å²) < 4.78 is 11.5. The first kappa shape index (κ1) is 47.3. The molecule has 6 N–H and O–H groups in total. The van der Waals surface area contributed by atoms with Gasteiger partial charge >= 0.3 is 11.9 Å². The van der Waals surface area contributed by atoms with E-state index in [9.17, 15) is 38.7 Å². The fourth-order valence-corrected chi connectivity index (χ4v) is 7.72. The Kier molecular flexibility index (Phi) is 17.1. The lowest BCUT2D eigenvalue weighted by molar-refractivity contribution is -0.419.